The van der Waals surface area contributed by atoms with Crippen molar-refractivity contribution < 1.29 is 5.21 Å². The largest absolute Gasteiger partial charge is 0.409 e. The summed E-state index contributed by atoms with van der Waals surface area (Å²) in [6.07, 6.45) is 0.498. The van der Waals surface area contributed by atoms with E-state index in [4.69, 9.17) is 22.5 Å². The van der Waals surface area contributed by atoms with Crippen LogP contribution in [0.15, 0.2) is 23.4 Å². The van der Waals surface area contributed by atoms with Crippen molar-refractivity contribution in [3.05, 3.63) is 28.8 Å². The Labute approximate surface area is 93.7 Å². The third-order valence-electron chi connectivity index (χ3n) is 2.00. The van der Waals surface area contributed by atoms with Gasteiger partial charge in [0, 0.05) is 23.7 Å². The molecule has 15 heavy (non-hydrogen) atoms. The Balaban J connectivity index is 2.48. The molecule has 0 aromatic heterocycles. The fourth-order valence-corrected chi connectivity index (χ4v) is 1.26. The Hall–Kier alpha value is -1.42. The van der Waals surface area contributed by atoms with E-state index < -0.39 is 0 Å². The van der Waals surface area contributed by atoms with Crippen LogP contribution in [0, 0.1) is 6.92 Å². The number of halogens is 1. The predicted octanol–water partition coefficient (Wildman–Crippen LogP) is 2.20. The van der Waals surface area contributed by atoms with Crippen LogP contribution in [-0.2, 0) is 0 Å². The standard InChI is InChI=1S/C10H14ClN3O/c1-7-6-8(2-3-9(7)11)13-5-4-10(12)14-15/h2-3,6,13,15H,4-5H2,1H3,(H2,12,14). The van der Waals surface area contributed by atoms with Gasteiger partial charge in [0.1, 0.15) is 5.84 Å². The van der Waals surface area contributed by atoms with Gasteiger partial charge in [0.2, 0.25) is 0 Å². The third kappa shape index (κ3) is 3.67. The van der Waals surface area contributed by atoms with Crippen molar-refractivity contribution in [1.82, 2.24) is 0 Å². The van der Waals surface area contributed by atoms with Gasteiger partial charge >= 0.3 is 0 Å². The molecular weight excluding hydrogens is 214 g/mol. The number of hydrogen-bond acceptors (Lipinski definition) is 3. The van der Waals surface area contributed by atoms with Crippen molar-refractivity contribution in [2.75, 3.05) is 11.9 Å². The second kappa shape index (κ2) is 5.46. The first-order valence-electron chi connectivity index (χ1n) is 4.60. The lowest BCUT2D eigenvalue weighted by molar-refractivity contribution is 0.317. The van der Waals surface area contributed by atoms with E-state index in [0.29, 0.717) is 13.0 Å². The molecule has 0 radical (unpaired) electrons. The van der Waals surface area contributed by atoms with Crippen LogP contribution < -0.4 is 11.1 Å². The summed E-state index contributed by atoms with van der Waals surface area (Å²) in [5.41, 5.74) is 7.32. The SMILES string of the molecule is Cc1cc(NCC/C(N)=N/O)ccc1Cl. The van der Waals surface area contributed by atoms with Crippen LogP contribution in [0.3, 0.4) is 0 Å². The van der Waals surface area contributed by atoms with Gasteiger partial charge in [-0.25, -0.2) is 0 Å². The molecule has 1 rings (SSSR count). The van der Waals surface area contributed by atoms with E-state index >= 15 is 0 Å². The van der Waals surface area contributed by atoms with Gasteiger partial charge in [-0.1, -0.05) is 16.8 Å². The molecule has 0 spiro atoms. The zero-order valence-electron chi connectivity index (χ0n) is 8.50. The van der Waals surface area contributed by atoms with Gasteiger partial charge in [-0.2, -0.15) is 0 Å². The van der Waals surface area contributed by atoms with Crippen molar-refractivity contribution in [2.45, 2.75) is 13.3 Å². The van der Waals surface area contributed by atoms with Crippen molar-refractivity contribution in [1.29, 1.82) is 0 Å². The molecule has 0 amide bonds. The second-order valence-electron chi connectivity index (χ2n) is 3.23. The average molecular weight is 228 g/mol. The topological polar surface area (TPSA) is 70.6 Å². The fraction of sp³-hybridized carbons (Fsp3) is 0.300. The highest BCUT2D eigenvalue weighted by molar-refractivity contribution is 6.31. The molecule has 0 aliphatic rings. The maximum atomic E-state index is 8.33. The summed E-state index contributed by atoms with van der Waals surface area (Å²) in [5.74, 6) is 0.216. The third-order valence-corrected chi connectivity index (χ3v) is 2.42. The van der Waals surface area contributed by atoms with E-state index in [0.717, 1.165) is 16.3 Å². The molecule has 0 unspecified atom stereocenters. The molecular formula is C10H14ClN3O. The van der Waals surface area contributed by atoms with Gasteiger partial charge in [-0.15, -0.1) is 0 Å². The zero-order chi connectivity index (χ0) is 11.3. The minimum absolute atomic E-state index is 0.216. The molecule has 0 bridgehead atoms. The number of amidine groups is 1. The number of anilines is 1. The summed E-state index contributed by atoms with van der Waals surface area (Å²) >= 11 is 5.89. The number of aryl methyl sites for hydroxylation is 1. The van der Waals surface area contributed by atoms with E-state index in [9.17, 15) is 0 Å². The number of nitrogens with two attached hydrogens (primary N) is 1. The molecule has 82 valence electrons. The van der Waals surface area contributed by atoms with E-state index in [-0.39, 0.29) is 5.84 Å². The molecule has 0 atom stereocenters. The number of oxime groups is 1. The normalized spacial score (nSPS) is 11.5. The quantitative estimate of drug-likeness (QED) is 0.320. The second-order valence-corrected chi connectivity index (χ2v) is 3.64. The molecule has 0 heterocycles. The van der Waals surface area contributed by atoms with Gasteiger partial charge in [-0.05, 0) is 30.7 Å². The molecule has 0 fully saturated rings. The highest BCUT2D eigenvalue weighted by Crippen LogP contribution is 2.19. The monoisotopic (exact) mass is 227 g/mol. The highest BCUT2D eigenvalue weighted by atomic mass is 35.5. The first kappa shape index (κ1) is 11.7. The van der Waals surface area contributed by atoms with Crippen LogP contribution in [0.1, 0.15) is 12.0 Å². The summed E-state index contributed by atoms with van der Waals surface area (Å²) in [4.78, 5) is 0. The van der Waals surface area contributed by atoms with Gasteiger partial charge < -0.3 is 16.3 Å². The van der Waals surface area contributed by atoms with Gasteiger partial charge in [0.05, 0.1) is 0 Å². The number of rotatable bonds is 4. The Morgan fingerprint density at radius 3 is 2.93 bits per heavy atom. The van der Waals surface area contributed by atoms with Crippen LogP contribution in [0.5, 0.6) is 0 Å². The van der Waals surface area contributed by atoms with E-state index in [1.165, 1.54) is 0 Å². The summed E-state index contributed by atoms with van der Waals surface area (Å²) in [6.45, 7) is 2.56. The van der Waals surface area contributed by atoms with Crippen molar-refractivity contribution in [2.24, 2.45) is 10.9 Å². The maximum absolute atomic E-state index is 8.33. The lowest BCUT2D eigenvalue weighted by Gasteiger charge is -2.07. The Bertz CT molecular complexity index is 366. The number of hydrogen-bond donors (Lipinski definition) is 3. The molecule has 0 aliphatic carbocycles. The van der Waals surface area contributed by atoms with Crippen molar-refractivity contribution in [3.63, 3.8) is 0 Å². The predicted molar refractivity (Wildman–Crippen MR) is 62.7 cm³/mol. The van der Waals surface area contributed by atoms with E-state index in [1.807, 2.05) is 25.1 Å². The molecule has 0 saturated carbocycles. The van der Waals surface area contributed by atoms with Crippen molar-refractivity contribution >= 4 is 23.1 Å². The molecule has 1 aromatic carbocycles. The average Bonchev–Trinajstić information content (AvgIpc) is 2.23. The summed E-state index contributed by atoms with van der Waals surface area (Å²) < 4.78 is 0. The first-order chi connectivity index (χ1) is 7.13. The van der Waals surface area contributed by atoms with E-state index in [1.54, 1.807) is 0 Å². The van der Waals surface area contributed by atoms with Crippen LogP contribution in [0.2, 0.25) is 5.02 Å². The number of nitrogens with one attached hydrogen (secondary N) is 1. The van der Waals surface area contributed by atoms with E-state index in [2.05, 4.69) is 10.5 Å². The molecule has 5 heteroatoms. The molecule has 0 aliphatic heterocycles. The first-order valence-corrected chi connectivity index (χ1v) is 4.97. The minimum atomic E-state index is 0.216. The Morgan fingerprint density at radius 2 is 2.33 bits per heavy atom. The summed E-state index contributed by atoms with van der Waals surface area (Å²) in [6, 6.07) is 5.68. The fourth-order valence-electron chi connectivity index (χ4n) is 1.14. The lowest BCUT2D eigenvalue weighted by atomic mass is 10.2. The van der Waals surface area contributed by atoms with Crippen molar-refractivity contribution in [3.8, 4) is 0 Å². The molecule has 4 N–H and O–H groups in total. The number of benzene rings is 1. The number of nitrogens with zero attached hydrogens (tertiary/aromatic N) is 1. The Kier molecular flexibility index (Phi) is 4.24. The van der Waals surface area contributed by atoms with Crippen LogP contribution in [0.4, 0.5) is 5.69 Å². The Morgan fingerprint density at radius 1 is 1.60 bits per heavy atom. The van der Waals surface area contributed by atoms with Crippen LogP contribution >= 0.6 is 11.6 Å². The van der Waals surface area contributed by atoms with Gasteiger partial charge in [0.25, 0.3) is 0 Å². The summed E-state index contributed by atoms with van der Waals surface area (Å²) in [5, 5.41) is 15.1. The van der Waals surface area contributed by atoms with Crippen LogP contribution in [0.25, 0.3) is 0 Å². The van der Waals surface area contributed by atoms with Crippen LogP contribution in [-0.4, -0.2) is 17.6 Å². The zero-order valence-corrected chi connectivity index (χ0v) is 9.25. The molecule has 0 saturated heterocycles. The smallest absolute Gasteiger partial charge is 0.140 e. The molecule has 1 aromatic rings. The maximum Gasteiger partial charge on any atom is 0.140 e. The lowest BCUT2D eigenvalue weighted by Crippen LogP contribution is -2.16. The summed E-state index contributed by atoms with van der Waals surface area (Å²) in [7, 11) is 0. The molecule has 4 nitrogen and oxygen atoms in total. The van der Waals surface area contributed by atoms with Gasteiger partial charge in [0.15, 0.2) is 0 Å². The van der Waals surface area contributed by atoms with Gasteiger partial charge in [-0.3, -0.25) is 0 Å². The highest BCUT2D eigenvalue weighted by Gasteiger charge is 1.97. The minimum Gasteiger partial charge on any atom is -0.409 e.